The molecular weight excluding hydrogens is 270 g/mol. The van der Waals surface area contributed by atoms with Crippen molar-refractivity contribution in [3.05, 3.63) is 24.3 Å². The minimum atomic E-state index is -3.10. The average molecular weight is 295 g/mol. The third kappa shape index (κ3) is 4.23. The van der Waals surface area contributed by atoms with Crippen molar-refractivity contribution in [2.24, 2.45) is 11.3 Å². The van der Waals surface area contributed by atoms with Gasteiger partial charge in [-0.3, -0.25) is 0 Å². The van der Waals surface area contributed by atoms with Crippen molar-refractivity contribution < 1.29 is 8.42 Å². The molecule has 1 saturated carbocycles. The van der Waals surface area contributed by atoms with Crippen molar-refractivity contribution in [1.29, 1.82) is 0 Å². The van der Waals surface area contributed by atoms with Gasteiger partial charge < -0.3 is 5.32 Å². The summed E-state index contributed by atoms with van der Waals surface area (Å²) in [4.78, 5) is 0.377. The van der Waals surface area contributed by atoms with Crippen LogP contribution in [0.1, 0.15) is 39.5 Å². The van der Waals surface area contributed by atoms with Gasteiger partial charge in [0.1, 0.15) is 0 Å². The summed E-state index contributed by atoms with van der Waals surface area (Å²) >= 11 is 0. The van der Waals surface area contributed by atoms with Crippen LogP contribution in [0, 0.1) is 11.3 Å². The predicted molar refractivity (Wildman–Crippen MR) is 83.8 cm³/mol. The molecule has 1 aliphatic carbocycles. The molecular formula is C16H25NO2S. The lowest BCUT2D eigenvalue weighted by atomic mass is 9.73. The fourth-order valence-electron chi connectivity index (χ4n) is 2.75. The molecule has 0 atom stereocenters. The quantitative estimate of drug-likeness (QED) is 0.921. The largest absolute Gasteiger partial charge is 0.385 e. The van der Waals surface area contributed by atoms with Gasteiger partial charge in [-0.05, 0) is 61.3 Å². The Morgan fingerprint density at radius 3 is 2.20 bits per heavy atom. The van der Waals surface area contributed by atoms with Crippen LogP contribution in [0.3, 0.4) is 0 Å². The average Bonchev–Trinajstić information content (AvgIpc) is 2.37. The number of nitrogens with one attached hydrogen (secondary N) is 1. The molecule has 0 aromatic heterocycles. The fraction of sp³-hybridized carbons (Fsp3) is 0.625. The number of hydrogen-bond acceptors (Lipinski definition) is 3. The van der Waals surface area contributed by atoms with Crippen molar-refractivity contribution in [1.82, 2.24) is 0 Å². The molecule has 2 rings (SSSR count). The van der Waals surface area contributed by atoms with Crippen LogP contribution in [0.5, 0.6) is 0 Å². The highest BCUT2D eigenvalue weighted by atomic mass is 32.2. The van der Waals surface area contributed by atoms with Gasteiger partial charge in [0.15, 0.2) is 9.84 Å². The fourth-order valence-corrected chi connectivity index (χ4v) is 3.38. The van der Waals surface area contributed by atoms with Gasteiger partial charge >= 0.3 is 0 Å². The molecule has 0 aliphatic heterocycles. The van der Waals surface area contributed by atoms with Gasteiger partial charge in [0.25, 0.3) is 0 Å². The Balaban J connectivity index is 1.86. The van der Waals surface area contributed by atoms with E-state index in [1.165, 1.54) is 31.9 Å². The van der Waals surface area contributed by atoms with E-state index in [2.05, 4.69) is 19.2 Å². The maximum atomic E-state index is 11.4. The highest BCUT2D eigenvalue weighted by Crippen LogP contribution is 2.37. The van der Waals surface area contributed by atoms with Gasteiger partial charge in [-0.1, -0.05) is 13.8 Å². The van der Waals surface area contributed by atoms with Gasteiger partial charge in [0.2, 0.25) is 0 Å². The Bertz CT molecular complexity index is 536. The lowest BCUT2D eigenvalue weighted by Crippen LogP contribution is -2.25. The number of benzene rings is 1. The Labute approximate surface area is 122 Å². The highest BCUT2D eigenvalue weighted by molar-refractivity contribution is 7.90. The number of rotatable bonds is 4. The van der Waals surface area contributed by atoms with E-state index in [0.717, 1.165) is 18.2 Å². The molecule has 1 aromatic rings. The van der Waals surface area contributed by atoms with Crippen LogP contribution in [0.2, 0.25) is 0 Å². The van der Waals surface area contributed by atoms with Crippen molar-refractivity contribution in [3.63, 3.8) is 0 Å². The Kier molecular flexibility index (Phi) is 4.43. The SMILES string of the molecule is CC1(C)CCC(CNc2ccc(S(C)(=O)=O)cc2)CC1. The van der Waals surface area contributed by atoms with Crippen LogP contribution >= 0.6 is 0 Å². The van der Waals surface area contributed by atoms with E-state index in [1.807, 2.05) is 12.1 Å². The first kappa shape index (κ1) is 15.4. The van der Waals surface area contributed by atoms with Gasteiger partial charge in [-0.25, -0.2) is 8.42 Å². The summed E-state index contributed by atoms with van der Waals surface area (Å²) in [6.07, 6.45) is 6.39. The zero-order valence-electron chi connectivity index (χ0n) is 12.6. The monoisotopic (exact) mass is 295 g/mol. The van der Waals surface area contributed by atoms with E-state index in [9.17, 15) is 8.42 Å². The standard InChI is InChI=1S/C16H25NO2S/c1-16(2)10-8-13(9-11-16)12-17-14-4-6-15(7-5-14)20(3,18)19/h4-7,13,17H,8-12H2,1-3H3. The number of hydrogen-bond donors (Lipinski definition) is 1. The molecule has 0 radical (unpaired) electrons. The van der Waals surface area contributed by atoms with E-state index >= 15 is 0 Å². The van der Waals surface area contributed by atoms with Crippen molar-refractivity contribution >= 4 is 15.5 Å². The molecule has 1 aromatic carbocycles. The summed E-state index contributed by atoms with van der Waals surface area (Å²) in [6.45, 7) is 5.68. The zero-order chi connectivity index (χ0) is 14.8. The van der Waals surface area contributed by atoms with Gasteiger partial charge in [0, 0.05) is 18.5 Å². The Hall–Kier alpha value is -1.03. The van der Waals surface area contributed by atoms with Crippen LogP contribution in [0.4, 0.5) is 5.69 Å². The minimum Gasteiger partial charge on any atom is -0.385 e. The van der Waals surface area contributed by atoms with Crippen LogP contribution < -0.4 is 5.32 Å². The molecule has 1 fully saturated rings. The molecule has 0 saturated heterocycles. The molecule has 4 heteroatoms. The maximum absolute atomic E-state index is 11.4. The number of sulfone groups is 1. The summed E-state index contributed by atoms with van der Waals surface area (Å²) in [5.74, 6) is 0.734. The molecule has 0 unspecified atom stereocenters. The van der Waals surface area contributed by atoms with Crippen LogP contribution in [0.25, 0.3) is 0 Å². The van der Waals surface area contributed by atoms with Crippen LogP contribution in [-0.2, 0) is 9.84 Å². The summed E-state index contributed by atoms with van der Waals surface area (Å²) in [6, 6.07) is 7.04. The molecule has 1 N–H and O–H groups in total. The third-order valence-corrected chi connectivity index (χ3v) is 5.46. The second kappa shape index (κ2) is 5.76. The highest BCUT2D eigenvalue weighted by Gasteiger charge is 2.26. The second-order valence-electron chi connectivity index (χ2n) is 6.79. The summed E-state index contributed by atoms with van der Waals surface area (Å²) < 4.78 is 22.8. The van der Waals surface area contributed by atoms with E-state index in [-0.39, 0.29) is 0 Å². The predicted octanol–water partition coefficient (Wildman–Crippen LogP) is 3.72. The van der Waals surface area contributed by atoms with Gasteiger partial charge in [-0.2, -0.15) is 0 Å². The van der Waals surface area contributed by atoms with Crippen molar-refractivity contribution in [2.45, 2.75) is 44.4 Å². The summed E-state index contributed by atoms with van der Waals surface area (Å²) in [5.41, 5.74) is 1.51. The molecule has 0 heterocycles. The second-order valence-corrected chi connectivity index (χ2v) is 8.80. The molecule has 20 heavy (non-hydrogen) atoms. The normalized spacial score (nSPS) is 19.8. The van der Waals surface area contributed by atoms with Crippen molar-refractivity contribution in [3.8, 4) is 0 Å². The topological polar surface area (TPSA) is 46.2 Å². The van der Waals surface area contributed by atoms with E-state index < -0.39 is 9.84 Å². The van der Waals surface area contributed by atoms with Crippen LogP contribution in [-0.4, -0.2) is 21.2 Å². The Morgan fingerprint density at radius 1 is 1.15 bits per heavy atom. The van der Waals surface area contributed by atoms with Gasteiger partial charge in [-0.15, -0.1) is 0 Å². The van der Waals surface area contributed by atoms with Gasteiger partial charge in [0.05, 0.1) is 4.90 Å². The summed E-state index contributed by atoms with van der Waals surface area (Å²) in [5, 5.41) is 3.43. The molecule has 112 valence electrons. The van der Waals surface area contributed by atoms with E-state index in [4.69, 9.17) is 0 Å². The number of anilines is 1. The van der Waals surface area contributed by atoms with Crippen molar-refractivity contribution in [2.75, 3.05) is 18.1 Å². The molecule has 0 spiro atoms. The lowest BCUT2D eigenvalue weighted by Gasteiger charge is -2.34. The lowest BCUT2D eigenvalue weighted by molar-refractivity contribution is 0.197. The summed E-state index contributed by atoms with van der Waals surface area (Å²) in [7, 11) is -3.10. The first-order valence-corrected chi connectivity index (χ1v) is 9.19. The van der Waals surface area contributed by atoms with Crippen LogP contribution in [0.15, 0.2) is 29.2 Å². The molecule has 0 bridgehead atoms. The molecule has 1 aliphatic rings. The first-order chi connectivity index (χ1) is 9.26. The van der Waals surface area contributed by atoms with E-state index in [0.29, 0.717) is 10.3 Å². The smallest absolute Gasteiger partial charge is 0.175 e. The molecule has 3 nitrogen and oxygen atoms in total. The maximum Gasteiger partial charge on any atom is 0.175 e. The minimum absolute atomic E-state index is 0.377. The zero-order valence-corrected chi connectivity index (χ0v) is 13.5. The Morgan fingerprint density at radius 2 is 1.70 bits per heavy atom. The van der Waals surface area contributed by atoms with E-state index in [1.54, 1.807) is 12.1 Å². The third-order valence-electron chi connectivity index (χ3n) is 4.34. The molecule has 0 amide bonds. The first-order valence-electron chi connectivity index (χ1n) is 7.30.